The molecule has 0 saturated heterocycles. The van der Waals surface area contributed by atoms with Gasteiger partial charge in [-0.15, -0.1) is 11.3 Å². The third kappa shape index (κ3) is 3.50. The Balaban J connectivity index is 2.03. The van der Waals surface area contributed by atoms with Gasteiger partial charge in [0.15, 0.2) is 0 Å². The van der Waals surface area contributed by atoms with Crippen LogP contribution in [0, 0.1) is 3.57 Å². The summed E-state index contributed by atoms with van der Waals surface area (Å²) in [5.74, 6) is 0.00985. The van der Waals surface area contributed by atoms with Gasteiger partial charge in [0, 0.05) is 33.0 Å². The van der Waals surface area contributed by atoms with E-state index in [1.54, 1.807) is 6.92 Å². The first kappa shape index (κ1) is 15.5. The third-order valence-electron chi connectivity index (χ3n) is 3.56. The molecule has 3 rings (SSSR count). The van der Waals surface area contributed by atoms with Crippen LogP contribution in [0.15, 0.2) is 48.5 Å². The molecule has 1 amide bonds. The molecular formula is C18H16INOS. The highest BCUT2D eigenvalue weighted by molar-refractivity contribution is 14.1. The van der Waals surface area contributed by atoms with Crippen molar-refractivity contribution in [3.8, 4) is 0 Å². The smallest absolute Gasteiger partial charge is 0.217 e. The Morgan fingerprint density at radius 3 is 2.68 bits per heavy atom. The van der Waals surface area contributed by atoms with E-state index < -0.39 is 0 Å². The molecule has 0 aliphatic heterocycles. The molecule has 0 atom stereocenters. The lowest BCUT2D eigenvalue weighted by Crippen LogP contribution is -2.19. The van der Waals surface area contributed by atoms with Gasteiger partial charge in [-0.05, 0) is 57.3 Å². The lowest BCUT2D eigenvalue weighted by Gasteiger charge is -2.06. The second-order valence-corrected chi connectivity index (χ2v) is 7.60. The number of benzene rings is 2. The van der Waals surface area contributed by atoms with Crippen molar-refractivity contribution in [3.05, 3.63) is 68.1 Å². The van der Waals surface area contributed by atoms with Gasteiger partial charge in [0.05, 0.1) is 0 Å². The second-order valence-electron chi connectivity index (χ2n) is 5.22. The molecule has 0 bridgehead atoms. The maximum atomic E-state index is 11.3. The molecule has 22 heavy (non-hydrogen) atoms. The number of halogens is 1. The number of hydrogen-bond donors (Lipinski definition) is 1. The van der Waals surface area contributed by atoms with Gasteiger partial charge in [0.1, 0.15) is 0 Å². The zero-order valence-corrected chi connectivity index (χ0v) is 15.2. The van der Waals surface area contributed by atoms with Crippen molar-refractivity contribution in [2.75, 3.05) is 0 Å². The zero-order chi connectivity index (χ0) is 15.5. The largest absolute Gasteiger partial charge is 0.352 e. The molecule has 1 heterocycles. The van der Waals surface area contributed by atoms with Crippen molar-refractivity contribution < 1.29 is 4.79 Å². The number of hydrogen-bond acceptors (Lipinski definition) is 2. The highest BCUT2D eigenvalue weighted by Crippen LogP contribution is 2.34. The Labute approximate surface area is 147 Å². The van der Waals surface area contributed by atoms with Crippen LogP contribution in [0.5, 0.6) is 0 Å². The van der Waals surface area contributed by atoms with Gasteiger partial charge in [-0.25, -0.2) is 0 Å². The van der Waals surface area contributed by atoms with Crippen LogP contribution in [0.2, 0.25) is 0 Å². The number of fused-ring (bicyclic) bond motifs is 1. The van der Waals surface area contributed by atoms with Crippen molar-refractivity contribution in [2.24, 2.45) is 0 Å². The summed E-state index contributed by atoms with van der Waals surface area (Å²) >= 11 is 4.16. The predicted octanol–water partition coefficient (Wildman–Crippen LogP) is 4.73. The van der Waals surface area contributed by atoms with Gasteiger partial charge in [0.25, 0.3) is 0 Å². The van der Waals surface area contributed by atoms with Crippen LogP contribution < -0.4 is 5.32 Å². The highest BCUT2D eigenvalue weighted by Gasteiger charge is 2.13. The summed E-state index contributed by atoms with van der Waals surface area (Å²) in [6.45, 7) is 2.16. The fraction of sp³-hybridized carbons (Fsp3) is 0.167. The van der Waals surface area contributed by atoms with Crippen LogP contribution in [-0.2, 0) is 17.8 Å². The fourth-order valence-corrected chi connectivity index (χ4v) is 4.23. The summed E-state index contributed by atoms with van der Waals surface area (Å²) in [6.07, 6.45) is 0.908. The van der Waals surface area contributed by atoms with E-state index in [-0.39, 0.29) is 5.91 Å². The minimum Gasteiger partial charge on any atom is -0.352 e. The van der Waals surface area contributed by atoms with Gasteiger partial charge in [-0.2, -0.15) is 0 Å². The number of carbonyl (C=O) groups excluding carboxylic acids is 1. The first-order valence-corrected chi connectivity index (χ1v) is 9.01. The standard InChI is InChI=1S/C18H16INOS/c1-12(21)20-11-16-15-10-14(19)7-8-17(15)22-18(16)9-13-5-3-2-4-6-13/h2-8,10H,9,11H2,1H3,(H,20,21). The second kappa shape index (κ2) is 6.79. The number of amides is 1. The molecule has 2 aromatic carbocycles. The maximum absolute atomic E-state index is 11.3. The van der Waals surface area contributed by atoms with Crippen LogP contribution in [0.4, 0.5) is 0 Å². The van der Waals surface area contributed by atoms with E-state index in [2.05, 4.69) is 70.4 Å². The molecule has 112 valence electrons. The number of thiophene rings is 1. The zero-order valence-electron chi connectivity index (χ0n) is 12.2. The van der Waals surface area contributed by atoms with E-state index >= 15 is 0 Å². The highest BCUT2D eigenvalue weighted by atomic mass is 127. The molecule has 0 fully saturated rings. The Morgan fingerprint density at radius 1 is 1.18 bits per heavy atom. The molecule has 0 unspecified atom stereocenters. The van der Waals surface area contributed by atoms with E-state index in [1.807, 2.05) is 17.4 Å². The van der Waals surface area contributed by atoms with Crippen LogP contribution >= 0.6 is 33.9 Å². The van der Waals surface area contributed by atoms with E-state index in [0.717, 1.165) is 6.42 Å². The summed E-state index contributed by atoms with van der Waals surface area (Å²) in [7, 11) is 0. The van der Waals surface area contributed by atoms with E-state index in [4.69, 9.17) is 0 Å². The van der Waals surface area contributed by atoms with Crippen LogP contribution in [0.3, 0.4) is 0 Å². The molecule has 4 heteroatoms. The average molecular weight is 421 g/mol. The van der Waals surface area contributed by atoms with Gasteiger partial charge < -0.3 is 5.32 Å². The van der Waals surface area contributed by atoms with Gasteiger partial charge >= 0.3 is 0 Å². The summed E-state index contributed by atoms with van der Waals surface area (Å²) in [6, 6.07) is 17.0. The normalized spacial score (nSPS) is 10.8. The predicted molar refractivity (Wildman–Crippen MR) is 101 cm³/mol. The summed E-state index contributed by atoms with van der Waals surface area (Å²) < 4.78 is 2.50. The molecular weight excluding hydrogens is 405 g/mol. The molecule has 3 aromatic rings. The Morgan fingerprint density at radius 2 is 1.95 bits per heavy atom. The molecule has 0 aliphatic rings. The Hall–Kier alpha value is -1.40. The minimum atomic E-state index is 0.00985. The van der Waals surface area contributed by atoms with Crippen molar-refractivity contribution >= 4 is 49.9 Å². The first-order chi connectivity index (χ1) is 10.6. The monoisotopic (exact) mass is 421 g/mol. The van der Waals surface area contributed by atoms with Crippen molar-refractivity contribution in [1.82, 2.24) is 5.32 Å². The molecule has 0 aliphatic carbocycles. The molecule has 2 nitrogen and oxygen atoms in total. The minimum absolute atomic E-state index is 0.00985. The molecule has 1 aromatic heterocycles. The fourth-order valence-electron chi connectivity index (χ4n) is 2.50. The Bertz CT molecular complexity index is 811. The summed E-state index contributed by atoms with van der Waals surface area (Å²) in [5.41, 5.74) is 2.55. The van der Waals surface area contributed by atoms with Gasteiger partial charge in [0.2, 0.25) is 5.91 Å². The molecule has 0 saturated carbocycles. The van der Waals surface area contributed by atoms with Gasteiger partial charge in [-0.1, -0.05) is 30.3 Å². The number of nitrogens with one attached hydrogen (secondary N) is 1. The molecule has 0 spiro atoms. The number of rotatable bonds is 4. The maximum Gasteiger partial charge on any atom is 0.217 e. The van der Waals surface area contributed by atoms with Crippen LogP contribution in [0.1, 0.15) is 22.9 Å². The van der Waals surface area contributed by atoms with E-state index in [1.165, 1.54) is 29.7 Å². The lowest BCUT2D eigenvalue weighted by molar-refractivity contribution is -0.119. The Kier molecular flexibility index (Phi) is 4.78. The van der Waals surface area contributed by atoms with Crippen molar-refractivity contribution in [3.63, 3.8) is 0 Å². The van der Waals surface area contributed by atoms with Crippen LogP contribution in [0.25, 0.3) is 10.1 Å². The lowest BCUT2D eigenvalue weighted by atomic mass is 10.1. The average Bonchev–Trinajstić information content (AvgIpc) is 2.82. The SMILES string of the molecule is CC(=O)NCc1c(Cc2ccccc2)sc2ccc(I)cc12. The number of carbonyl (C=O) groups is 1. The molecule has 1 N–H and O–H groups in total. The quantitative estimate of drug-likeness (QED) is 0.607. The molecule has 0 radical (unpaired) electrons. The van der Waals surface area contributed by atoms with Gasteiger partial charge in [-0.3, -0.25) is 4.79 Å². The topological polar surface area (TPSA) is 29.1 Å². The van der Waals surface area contributed by atoms with Crippen molar-refractivity contribution in [2.45, 2.75) is 19.9 Å². The van der Waals surface area contributed by atoms with Crippen molar-refractivity contribution in [1.29, 1.82) is 0 Å². The van der Waals surface area contributed by atoms with E-state index in [0.29, 0.717) is 6.54 Å². The third-order valence-corrected chi connectivity index (χ3v) is 5.44. The summed E-state index contributed by atoms with van der Waals surface area (Å²) in [5, 5.41) is 4.21. The van der Waals surface area contributed by atoms with Crippen LogP contribution in [-0.4, -0.2) is 5.91 Å². The summed E-state index contributed by atoms with van der Waals surface area (Å²) in [4.78, 5) is 12.6. The van der Waals surface area contributed by atoms with E-state index in [9.17, 15) is 4.79 Å². The first-order valence-electron chi connectivity index (χ1n) is 7.11.